The third-order valence-corrected chi connectivity index (χ3v) is 5.48. The number of likely N-dealkylation sites (tertiary alicyclic amines) is 1. The number of hydrogen-bond acceptors (Lipinski definition) is 8. The predicted octanol–water partition coefficient (Wildman–Crippen LogP) is 2.54. The van der Waals surface area contributed by atoms with Crippen molar-refractivity contribution in [2.45, 2.75) is 51.0 Å². The molecule has 2 N–H and O–H groups in total. The monoisotopic (exact) mass is 438 g/mol. The Hall–Kier alpha value is -2.88. The van der Waals surface area contributed by atoms with E-state index in [0.29, 0.717) is 18.3 Å². The van der Waals surface area contributed by atoms with Crippen molar-refractivity contribution in [3.8, 4) is 0 Å². The molecule has 0 saturated carbocycles. The summed E-state index contributed by atoms with van der Waals surface area (Å²) in [6.07, 6.45) is 12.8. The van der Waals surface area contributed by atoms with E-state index < -0.39 is 0 Å². The second kappa shape index (κ2) is 11.7. The molecule has 0 spiro atoms. The molecule has 1 unspecified atom stereocenters. The van der Waals surface area contributed by atoms with Crippen LogP contribution in [-0.2, 0) is 20.9 Å². The molecule has 2 saturated heterocycles. The molecule has 2 aliphatic heterocycles. The molecule has 9 heteroatoms. The Morgan fingerprint density at radius 2 is 2.16 bits per heavy atom. The number of nitrogens with zero attached hydrogens (tertiary/aromatic N) is 4. The summed E-state index contributed by atoms with van der Waals surface area (Å²) in [7, 11) is 0. The van der Waals surface area contributed by atoms with E-state index in [2.05, 4.69) is 36.7 Å². The maximum absolute atomic E-state index is 11.9. The van der Waals surface area contributed by atoms with Gasteiger partial charge in [-0.3, -0.25) is 19.7 Å². The summed E-state index contributed by atoms with van der Waals surface area (Å²) in [5.74, 6) is 0.368. The molecule has 32 heavy (non-hydrogen) atoms. The molecule has 0 aromatic carbocycles. The van der Waals surface area contributed by atoms with E-state index in [1.165, 1.54) is 6.08 Å². The minimum atomic E-state index is -0.370. The fraction of sp³-hybridized carbons (Fsp3) is 0.478. The number of carbonyl (C=O) groups is 1. The first-order valence-corrected chi connectivity index (χ1v) is 11.2. The van der Waals surface area contributed by atoms with Gasteiger partial charge in [0.2, 0.25) is 0 Å². The zero-order chi connectivity index (χ0) is 22.0. The second-order valence-corrected chi connectivity index (χ2v) is 8.08. The lowest BCUT2D eigenvalue weighted by Gasteiger charge is -2.33. The minimum absolute atomic E-state index is 0.313. The number of nitrogens with one attached hydrogen (secondary N) is 2. The minimum Gasteiger partial charge on any atom is -0.365 e. The first kappa shape index (κ1) is 22.3. The first-order chi connectivity index (χ1) is 15.7. The van der Waals surface area contributed by atoms with Crippen molar-refractivity contribution in [1.82, 2.24) is 25.3 Å². The molecule has 0 bridgehead atoms. The van der Waals surface area contributed by atoms with E-state index in [4.69, 9.17) is 9.57 Å². The summed E-state index contributed by atoms with van der Waals surface area (Å²) in [6.45, 7) is 3.52. The van der Waals surface area contributed by atoms with Crippen LogP contribution in [0, 0.1) is 0 Å². The smallest absolute Gasteiger partial charge is 0.267 e. The van der Waals surface area contributed by atoms with E-state index in [1.807, 2.05) is 18.3 Å². The predicted molar refractivity (Wildman–Crippen MR) is 120 cm³/mol. The summed E-state index contributed by atoms with van der Waals surface area (Å²) in [6, 6.07) is 6.34. The van der Waals surface area contributed by atoms with Crippen LogP contribution in [0.1, 0.15) is 43.5 Å². The molecule has 2 fully saturated rings. The van der Waals surface area contributed by atoms with Crippen molar-refractivity contribution in [2.75, 3.05) is 25.0 Å². The molecule has 0 aliphatic carbocycles. The highest BCUT2D eigenvalue weighted by atomic mass is 16.8. The first-order valence-electron chi connectivity index (χ1n) is 11.2. The highest BCUT2D eigenvalue weighted by Gasteiger charge is 2.20. The lowest BCUT2D eigenvalue weighted by Crippen LogP contribution is -2.41. The van der Waals surface area contributed by atoms with Crippen molar-refractivity contribution in [2.24, 2.45) is 0 Å². The van der Waals surface area contributed by atoms with Crippen molar-refractivity contribution in [3.63, 3.8) is 0 Å². The van der Waals surface area contributed by atoms with Gasteiger partial charge in [-0.25, -0.2) is 15.3 Å². The zero-order valence-electron chi connectivity index (χ0n) is 18.2. The Bertz CT molecular complexity index is 871. The van der Waals surface area contributed by atoms with E-state index >= 15 is 0 Å². The number of piperidine rings is 1. The fourth-order valence-electron chi connectivity index (χ4n) is 3.87. The van der Waals surface area contributed by atoms with Crippen molar-refractivity contribution < 1.29 is 14.4 Å². The van der Waals surface area contributed by atoms with Gasteiger partial charge in [0.25, 0.3) is 5.91 Å². The lowest BCUT2D eigenvalue weighted by atomic mass is 10.1. The van der Waals surface area contributed by atoms with Crippen LogP contribution in [0.25, 0.3) is 6.08 Å². The largest absolute Gasteiger partial charge is 0.365 e. The average Bonchev–Trinajstić information content (AvgIpc) is 2.84. The summed E-state index contributed by atoms with van der Waals surface area (Å²) < 4.78 is 5.41. The third-order valence-electron chi connectivity index (χ3n) is 5.48. The quantitative estimate of drug-likeness (QED) is 0.479. The number of ether oxygens (including phenoxy) is 1. The van der Waals surface area contributed by atoms with Crippen LogP contribution in [0.4, 0.5) is 5.82 Å². The molecule has 2 atom stereocenters. The third kappa shape index (κ3) is 7.08. The van der Waals surface area contributed by atoms with Gasteiger partial charge in [0.15, 0.2) is 6.29 Å². The van der Waals surface area contributed by atoms with E-state index in [9.17, 15) is 4.79 Å². The maximum Gasteiger partial charge on any atom is 0.267 e. The molecule has 170 valence electrons. The highest BCUT2D eigenvalue weighted by Crippen LogP contribution is 2.16. The van der Waals surface area contributed by atoms with Gasteiger partial charge in [0.1, 0.15) is 5.82 Å². The van der Waals surface area contributed by atoms with E-state index in [-0.39, 0.29) is 12.2 Å². The number of rotatable bonds is 8. The summed E-state index contributed by atoms with van der Waals surface area (Å²) in [5, 5.41) is 3.47. The van der Waals surface area contributed by atoms with Crippen molar-refractivity contribution in [1.29, 1.82) is 0 Å². The molecule has 9 nitrogen and oxygen atoms in total. The van der Waals surface area contributed by atoms with Crippen LogP contribution in [0.2, 0.25) is 0 Å². The normalized spacial score (nSPS) is 22.0. The Labute approximate surface area is 188 Å². The Balaban J connectivity index is 1.21. The molecule has 1 amide bonds. The lowest BCUT2D eigenvalue weighted by molar-refractivity contribution is -0.198. The number of hydrogen-bond donors (Lipinski definition) is 2. The molecular formula is C23H30N6O3. The fourth-order valence-corrected chi connectivity index (χ4v) is 3.87. The van der Waals surface area contributed by atoms with E-state index in [1.54, 1.807) is 18.5 Å². The van der Waals surface area contributed by atoms with Crippen LogP contribution >= 0.6 is 0 Å². The summed E-state index contributed by atoms with van der Waals surface area (Å²) in [4.78, 5) is 32.8. The molecule has 2 aromatic rings. The van der Waals surface area contributed by atoms with Gasteiger partial charge in [0.05, 0.1) is 23.8 Å². The van der Waals surface area contributed by atoms with Gasteiger partial charge in [0, 0.05) is 44.4 Å². The standard InChI is InChI=1S/C23H30N6O3/c30-22(28-32-23-8-2-4-13-31-23)10-9-18-14-26-21(15-25-18)27-20-7-5-12-29(17-20)16-19-6-1-3-11-24-19/h1,3,6,9-11,14-15,20,23H,2,4-5,7-8,12-13,16-17H2,(H,26,27)(H,28,30)/t20-,23?/m1/s1. The summed E-state index contributed by atoms with van der Waals surface area (Å²) >= 11 is 0. The van der Waals surface area contributed by atoms with Crippen LogP contribution in [0.5, 0.6) is 0 Å². The summed E-state index contributed by atoms with van der Waals surface area (Å²) in [5.41, 5.74) is 4.07. The Morgan fingerprint density at radius 3 is 2.94 bits per heavy atom. The number of pyridine rings is 1. The van der Waals surface area contributed by atoms with Crippen LogP contribution in [0.3, 0.4) is 0 Å². The van der Waals surface area contributed by atoms with Crippen molar-refractivity contribution >= 4 is 17.8 Å². The number of hydroxylamine groups is 1. The number of amides is 1. The number of carbonyl (C=O) groups excluding carboxylic acids is 1. The Morgan fingerprint density at radius 1 is 1.19 bits per heavy atom. The van der Waals surface area contributed by atoms with Gasteiger partial charge >= 0.3 is 0 Å². The van der Waals surface area contributed by atoms with Crippen molar-refractivity contribution in [3.05, 3.63) is 54.3 Å². The average molecular weight is 439 g/mol. The van der Waals surface area contributed by atoms with Gasteiger partial charge in [-0.2, -0.15) is 0 Å². The molecule has 2 aliphatic rings. The van der Waals surface area contributed by atoms with Crippen LogP contribution < -0.4 is 10.8 Å². The number of anilines is 1. The molecule has 4 rings (SSSR count). The SMILES string of the molecule is O=C(C=Cc1cnc(N[C@@H]2CCCN(Cc3ccccn3)C2)cn1)NOC1CCCCO1. The van der Waals surface area contributed by atoms with Gasteiger partial charge < -0.3 is 10.1 Å². The van der Waals surface area contributed by atoms with Gasteiger partial charge in [-0.15, -0.1) is 0 Å². The van der Waals surface area contributed by atoms with E-state index in [0.717, 1.165) is 63.3 Å². The second-order valence-electron chi connectivity index (χ2n) is 8.08. The van der Waals surface area contributed by atoms with Gasteiger partial charge in [-0.05, 0) is 50.4 Å². The van der Waals surface area contributed by atoms with Gasteiger partial charge in [-0.1, -0.05) is 6.07 Å². The topological polar surface area (TPSA) is 102 Å². The maximum atomic E-state index is 11.9. The zero-order valence-corrected chi connectivity index (χ0v) is 18.2. The molecule has 4 heterocycles. The van der Waals surface area contributed by atoms with Crippen LogP contribution in [-0.4, -0.2) is 57.8 Å². The number of aromatic nitrogens is 3. The molecular weight excluding hydrogens is 408 g/mol. The molecule has 0 radical (unpaired) electrons. The molecule has 2 aromatic heterocycles. The Kier molecular flexibility index (Phi) is 8.13. The highest BCUT2D eigenvalue weighted by molar-refractivity contribution is 5.90. The van der Waals surface area contributed by atoms with Crippen LogP contribution in [0.15, 0.2) is 42.9 Å².